The smallest absolute Gasteiger partial charge is 0.133 e. The molecule has 0 aliphatic heterocycles. The molecule has 1 N–H and O–H groups in total. The van der Waals surface area contributed by atoms with E-state index in [4.69, 9.17) is 13.9 Å². The van der Waals surface area contributed by atoms with Crippen LogP contribution in [0.3, 0.4) is 0 Å². The lowest BCUT2D eigenvalue weighted by Crippen LogP contribution is -2.09. The summed E-state index contributed by atoms with van der Waals surface area (Å²) < 4.78 is 16.5. The number of rotatable bonds is 8. The van der Waals surface area contributed by atoms with Gasteiger partial charge in [-0.2, -0.15) is 0 Å². The summed E-state index contributed by atoms with van der Waals surface area (Å²) in [6.45, 7) is 2.33. The molecule has 0 fully saturated rings. The summed E-state index contributed by atoms with van der Waals surface area (Å²) in [5.41, 5.74) is 1.13. The minimum Gasteiger partial charge on any atom is -0.491 e. The van der Waals surface area contributed by atoms with Gasteiger partial charge in [0.25, 0.3) is 0 Å². The van der Waals surface area contributed by atoms with Crippen molar-refractivity contribution in [3.63, 3.8) is 0 Å². The Morgan fingerprint density at radius 3 is 2.74 bits per heavy atom. The summed E-state index contributed by atoms with van der Waals surface area (Å²) in [6, 6.07) is 11.7. The first-order valence-electron chi connectivity index (χ1n) is 6.35. The van der Waals surface area contributed by atoms with Crippen LogP contribution in [0.2, 0.25) is 0 Å². The molecule has 2 rings (SSSR count). The molecule has 0 bridgehead atoms. The zero-order chi connectivity index (χ0) is 13.3. The number of ether oxygens (including phenoxy) is 2. The van der Waals surface area contributed by atoms with Crippen LogP contribution in [0.5, 0.6) is 5.75 Å². The molecule has 1 aromatic carbocycles. The van der Waals surface area contributed by atoms with E-state index >= 15 is 0 Å². The highest BCUT2D eigenvalue weighted by atomic mass is 16.5. The predicted octanol–water partition coefficient (Wildman–Crippen LogP) is 2.59. The Kier molecular flexibility index (Phi) is 5.47. The number of hydrogen-bond acceptors (Lipinski definition) is 4. The normalized spacial score (nSPS) is 10.6. The molecule has 4 nitrogen and oxygen atoms in total. The largest absolute Gasteiger partial charge is 0.491 e. The molecule has 1 heterocycles. The molecular weight excluding hydrogens is 242 g/mol. The van der Waals surface area contributed by atoms with E-state index in [2.05, 4.69) is 5.32 Å². The van der Waals surface area contributed by atoms with Crippen LogP contribution in [0.1, 0.15) is 11.3 Å². The van der Waals surface area contributed by atoms with Crippen LogP contribution in [0, 0.1) is 0 Å². The van der Waals surface area contributed by atoms with Gasteiger partial charge in [-0.3, -0.25) is 0 Å². The highest BCUT2D eigenvalue weighted by molar-refractivity contribution is 5.20. The van der Waals surface area contributed by atoms with Crippen LogP contribution in [-0.2, 0) is 17.9 Å². The number of nitrogens with one attached hydrogen (secondary N) is 1. The first kappa shape index (κ1) is 13.6. The molecule has 0 amide bonds. The van der Waals surface area contributed by atoms with Gasteiger partial charge < -0.3 is 19.2 Å². The zero-order valence-corrected chi connectivity index (χ0v) is 11.1. The van der Waals surface area contributed by atoms with Crippen LogP contribution in [0.25, 0.3) is 0 Å². The first-order valence-corrected chi connectivity index (χ1v) is 6.35. The van der Waals surface area contributed by atoms with Crippen LogP contribution in [0.15, 0.2) is 47.1 Å². The second-order valence-electron chi connectivity index (χ2n) is 4.11. The fourth-order valence-corrected chi connectivity index (χ4v) is 1.74. The van der Waals surface area contributed by atoms with Gasteiger partial charge >= 0.3 is 0 Å². The average Bonchev–Trinajstić information content (AvgIpc) is 2.88. The Morgan fingerprint density at radius 2 is 1.95 bits per heavy atom. The van der Waals surface area contributed by atoms with Crippen molar-refractivity contribution >= 4 is 0 Å². The molecular formula is C15H19NO3. The van der Waals surface area contributed by atoms with Crippen LogP contribution < -0.4 is 10.1 Å². The summed E-state index contributed by atoms with van der Waals surface area (Å²) in [6.07, 6.45) is 1.69. The third-order valence-electron chi connectivity index (χ3n) is 2.68. The Balaban J connectivity index is 1.65. The van der Waals surface area contributed by atoms with Gasteiger partial charge in [-0.1, -0.05) is 18.2 Å². The van der Waals surface area contributed by atoms with Crippen molar-refractivity contribution in [3.8, 4) is 5.75 Å². The third kappa shape index (κ3) is 4.43. The number of para-hydroxylation sites is 1. The van der Waals surface area contributed by atoms with E-state index in [1.807, 2.05) is 43.4 Å². The standard InChI is InChI=1S/C15H19NO3/c1-16-11-13-7-8-19-15(13)12-17-9-10-18-14-5-3-2-4-6-14/h2-8,16H,9-12H2,1H3. The van der Waals surface area contributed by atoms with E-state index in [1.54, 1.807) is 6.26 Å². The molecule has 0 aliphatic carbocycles. The number of furan rings is 1. The van der Waals surface area contributed by atoms with Crippen molar-refractivity contribution in [3.05, 3.63) is 54.0 Å². The molecule has 0 aliphatic rings. The maximum Gasteiger partial charge on any atom is 0.133 e. The summed E-state index contributed by atoms with van der Waals surface area (Å²) >= 11 is 0. The lowest BCUT2D eigenvalue weighted by atomic mass is 10.2. The first-order chi connectivity index (χ1) is 9.40. The number of benzene rings is 1. The van der Waals surface area contributed by atoms with Gasteiger partial charge in [-0.25, -0.2) is 0 Å². The molecule has 0 radical (unpaired) electrons. The monoisotopic (exact) mass is 261 g/mol. The highest BCUT2D eigenvalue weighted by Crippen LogP contribution is 2.12. The van der Waals surface area contributed by atoms with Crippen molar-refractivity contribution in [2.24, 2.45) is 0 Å². The molecule has 0 spiro atoms. The molecule has 1 aromatic heterocycles. The van der Waals surface area contributed by atoms with E-state index in [0.717, 1.165) is 23.6 Å². The Labute approximate surface area is 113 Å². The Bertz CT molecular complexity index is 467. The number of hydrogen-bond donors (Lipinski definition) is 1. The highest BCUT2D eigenvalue weighted by Gasteiger charge is 2.05. The Hall–Kier alpha value is -1.78. The van der Waals surface area contributed by atoms with Gasteiger partial charge in [-0.05, 0) is 25.2 Å². The van der Waals surface area contributed by atoms with Gasteiger partial charge in [0.2, 0.25) is 0 Å². The average molecular weight is 261 g/mol. The van der Waals surface area contributed by atoms with Crippen molar-refractivity contribution in [2.75, 3.05) is 20.3 Å². The van der Waals surface area contributed by atoms with E-state index in [-0.39, 0.29) is 0 Å². The van der Waals surface area contributed by atoms with Gasteiger partial charge in [-0.15, -0.1) is 0 Å². The summed E-state index contributed by atoms with van der Waals surface area (Å²) in [5, 5.41) is 3.09. The fourth-order valence-electron chi connectivity index (χ4n) is 1.74. The second kappa shape index (κ2) is 7.61. The predicted molar refractivity (Wildman–Crippen MR) is 73.1 cm³/mol. The van der Waals surface area contributed by atoms with E-state index in [0.29, 0.717) is 19.8 Å². The van der Waals surface area contributed by atoms with Crippen molar-refractivity contribution in [1.29, 1.82) is 0 Å². The van der Waals surface area contributed by atoms with Crippen molar-refractivity contribution in [1.82, 2.24) is 5.32 Å². The van der Waals surface area contributed by atoms with E-state index in [9.17, 15) is 0 Å². The van der Waals surface area contributed by atoms with Crippen molar-refractivity contribution < 1.29 is 13.9 Å². The molecule has 0 atom stereocenters. The lowest BCUT2D eigenvalue weighted by molar-refractivity contribution is 0.0775. The molecule has 102 valence electrons. The molecule has 2 aromatic rings. The van der Waals surface area contributed by atoms with Crippen molar-refractivity contribution in [2.45, 2.75) is 13.2 Å². The minimum atomic E-state index is 0.474. The van der Waals surface area contributed by atoms with E-state index < -0.39 is 0 Å². The van der Waals surface area contributed by atoms with E-state index in [1.165, 1.54) is 0 Å². The maximum absolute atomic E-state index is 5.54. The third-order valence-corrected chi connectivity index (χ3v) is 2.68. The minimum absolute atomic E-state index is 0.474. The van der Waals surface area contributed by atoms with Crippen LogP contribution >= 0.6 is 0 Å². The summed E-state index contributed by atoms with van der Waals surface area (Å²) in [4.78, 5) is 0. The molecule has 19 heavy (non-hydrogen) atoms. The lowest BCUT2D eigenvalue weighted by Gasteiger charge is -2.07. The topological polar surface area (TPSA) is 43.6 Å². The van der Waals surface area contributed by atoms with Crippen LogP contribution in [-0.4, -0.2) is 20.3 Å². The molecule has 0 saturated carbocycles. The zero-order valence-electron chi connectivity index (χ0n) is 11.1. The maximum atomic E-state index is 5.54. The van der Waals surface area contributed by atoms with Gasteiger partial charge in [0.1, 0.15) is 24.7 Å². The summed E-state index contributed by atoms with van der Waals surface area (Å²) in [5.74, 6) is 1.73. The van der Waals surface area contributed by atoms with Crippen LogP contribution in [0.4, 0.5) is 0 Å². The second-order valence-corrected chi connectivity index (χ2v) is 4.11. The quantitative estimate of drug-likeness (QED) is 0.742. The molecule has 0 unspecified atom stereocenters. The molecule has 4 heteroatoms. The summed E-state index contributed by atoms with van der Waals surface area (Å²) in [7, 11) is 1.91. The SMILES string of the molecule is CNCc1ccoc1COCCOc1ccccc1. The molecule has 0 saturated heterocycles. The van der Waals surface area contributed by atoms with Gasteiger partial charge in [0, 0.05) is 12.1 Å². The van der Waals surface area contributed by atoms with Gasteiger partial charge in [0.05, 0.1) is 12.9 Å². The fraction of sp³-hybridized carbons (Fsp3) is 0.333. The van der Waals surface area contributed by atoms with Gasteiger partial charge in [0.15, 0.2) is 0 Å². The Morgan fingerprint density at radius 1 is 1.11 bits per heavy atom.